The maximum absolute atomic E-state index is 13.1. The molecule has 0 saturated carbocycles. The lowest BCUT2D eigenvalue weighted by Gasteiger charge is -2.35. The zero-order valence-corrected chi connectivity index (χ0v) is 18.3. The molecular weight excluding hydrogens is 404 g/mol. The van der Waals surface area contributed by atoms with Crippen LogP contribution in [0.5, 0.6) is 0 Å². The minimum Gasteiger partial charge on any atom is -0.338 e. The van der Waals surface area contributed by atoms with Crippen LogP contribution in [-0.4, -0.2) is 61.6 Å². The topological polar surface area (TPSA) is 80.3 Å². The number of imidazole rings is 1. The van der Waals surface area contributed by atoms with Gasteiger partial charge in [-0.3, -0.25) is 9.69 Å². The molecule has 0 N–H and O–H groups in total. The van der Waals surface area contributed by atoms with Crippen LogP contribution in [0.2, 0.25) is 0 Å². The van der Waals surface area contributed by atoms with Crippen molar-refractivity contribution < 1.29 is 9.32 Å². The van der Waals surface area contributed by atoms with Crippen molar-refractivity contribution in [1.82, 2.24) is 29.5 Å². The maximum atomic E-state index is 13.1. The molecule has 1 atom stereocenters. The Morgan fingerprint density at radius 1 is 1.06 bits per heavy atom. The van der Waals surface area contributed by atoms with Crippen molar-refractivity contribution in [1.29, 1.82) is 0 Å². The second-order valence-electron chi connectivity index (χ2n) is 8.30. The minimum atomic E-state index is -0.290. The van der Waals surface area contributed by atoms with E-state index in [1.165, 1.54) is 5.56 Å². The van der Waals surface area contributed by atoms with Gasteiger partial charge in [0.25, 0.3) is 0 Å². The Bertz CT molecular complexity index is 1220. The first-order valence-electron chi connectivity index (χ1n) is 10.9. The fourth-order valence-corrected chi connectivity index (χ4v) is 4.13. The van der Waals surface area contributed by atoms with Crippen molar-refractivity contribution in [2.45, 2.75) is 26.4 Å². The predicted octanol–water partition coefficient (Wildman–Crippen LogP) is 3.30. The Labute approximate surface area is 186 Å². The van der Waals surface area contributed by atoms with Crippen LogP contribution in [-0.2, 0) is 11.3 Å². The molecule has 0 aliphatic carbocycles. The molecule has 1 saturated heterocycles. The molecule has 8 nitrogen and oxygen atoms in total. The number of carbonyl (C=O) groups is 1. The summed E-state index contributed by atoms with van der Waals surface area (Å²) >= 11 is 0. The summed E-state index contributed by atoms with van der Waals surface area (Å²) in [4.78, 5) is 26.2. The van der Waals surface area contributed by atoms with Gasteiger partial charge in [-0.05, 0) is 26.0 Å². The predicted molar refractivity (Wildman–Crippen MR) is 121 cm³/mol. The van der Waals surface area contributed by atoms with Gasteiger partial charge in [0.15, 0.2) is 0 Å². The van der Waals surface area contributed by atoms with Crippen molar-refractivity contribution in [3.63, 3.8) is 0 Å². The van der Waals surface area contributed by atoms with Gasteiger partial charge in [0.1, 0.15) is 6.04 Å². The first-order valence-corrected chi connectivity index (χ1v) is 10.9. The third-order valence-electron chi connectivity index (χ3n) is 6.08. The van der Waals surface area contributed by atoms with Crippen LogP contribution >= 0.6 is 0 Å². The highest BCUT2D eigenvalue weighted by Gasteiger charge is 2.27. The van der Waals surface area contributed by atoms with E-state index in [1.54, 1.807) is 6.33 Å². The molecule has 0 spiro atoms. The summed E-state index contributed by atoms with van der Waals surface area (Å²) in [7, 11) is 0. The monoisotopic (exact) mass is 430 g/mol. The molecule has 164 valence electrons. The average molecular weight is 431 g/mol. The van der Waals surface area contributed by atoms with Crippen molar-refractivity contribution >= 4 is 16.9 Å². The van der Waals surface area contributed by atoms with E-state index in [2.05, 4.69) is 20.0 Å². The SMILES string of the molecule is Cc1ccc(-c2noc(CN3CCN(C(=O)C(C)n4cnc5ccccc54)CC3)n2)cc1. The van der Waals surface area contributed by atoms with E-state index >= 15 is 0 Å². The fraction of sp³-hybridized carbons (Fsp3) is 0.333. The lowest BCUT2D eigenvalue weighted by Crippen LogP contribution is -2.49. The number of amides is 1. The third-order valence-corrected chi connectivity index (χ3v) is 6.08. The summed E-state index contributed by atoms with van der Waals surface area (Å²) in [5.74, 6) is 1.32. The molecule has 1 fully saturated rings. The number of hydrogen-bond acceptors (Lipinski definition) is 6. The summed E-state index contributed by atoms with van der Waals surface area (Å²) in [5.41, 5.74) is 4.02. The zero-order chi connectivity index (χ0) is 22.1. The summed E-state index contributed by atoms with van der Waals surface area (Å²) < 4.78 is 7.41. The largest absolute Gasteiger partial charge is 0.338 e. The number of aryl methyl sites for hydroxylation is 1. The number of para-hydroxylation sites is 2. The summed E-state index contributed by atoms with van der Waals surface area (Å²) in [5, 5.41) is 4.12. The van der Waals surface area contributed by atoms with Gasteiger partial charge >= 0.3 is 0 Å². The molecular formula is C24H26N6O2. The van der Waals surface area contributed by atoms with Crippen molar-refractivity contribution in [3.05, 3.63) is 66.3 Å². The van der Waals surface area contributed by atoms with Crippen LogP contribution in [0.3, 0.4) is 0 Å². The molecule has 2 aromatic heterocycles. The van der Waals surface area contributed by atoms with Gasteiger partial charge in [-0.2, -0.15) is 4.98 Å². The average Bonchev–Trinajstić information content (AvgIpc) is 3.46. The molecule has 0 bridgehead atoms. The van der Waals surface area contributed by atoms with E-state index in [9.17, 15) is 4.79 Å². The number of aromatic nitrogens is 4. The van der Waals surface area contributed by atoms with Gasteiger partial charge < -0.3 is 14.0 Å². The number of benzene rings is 2. The maximum Gasteiger partial charge on any atom is 0.245 e. The fourth-order valence-electron chi connectivity index (χ4n) is 4.13. The highest BCUT2D eigenvalue weighted by Crippen LogP contribution is 2.21. The van der Waals surface area contributed by atoms with E-state index in [1.807, 2.05) is 71.8 Å². The van der Waals surface area contributed by atoms with Crippen LogP contribution in [0.15, 0.2) is 59.4 Å². The van der Waals surface area contributed by atoms with Crippen LogP contribution < -0.4 is 0 Å². The molecule has 1 aliphatic heterocycles. The van der Waals surface area contributed by atoms with Crippen molar-refractivity contribution in [2.75, 3.05) is 26.2 Å². The van der Waals surface area contributed by atoms with Crippen LogP contribution in [0.1, 0.15) is 24.4 Å². The summed E-state index contributed by atoms with van der Waals surface area (Å²) in [6.07, 6.45) is 1.75. The number of carbonyl (C=O) groups excluding carboxylic acids is 1. The van der Waals surface area contributed by atoms with Gasteiger partial charge in [-0.15, -0.1) is 0 Å². The smallest absolute Gasteiger partial charge is 0.245 e. The highest BCUT2D eigenvalue weighted by atomic mass is 16.5. The number of piperazine rings is 1. The van der Waals surface area contributed by atoms with Gasteiger partial charge in [-0.1, -0.05) is 47.1 Å². The molecule has 0 radical (unpaired) electrons. The molecule has 3 heterocycles. The Morgan fingerprint density at radius 2 is 1.81 bits per heavy atom. The van der Waals surface area contributed by atoms with Gasteiger partial charge in [0.2, 0.25) is 17.6 Å². The van der Waals surface area contributed by atoms with E-state index in [4.69, 9.17) is 4.52 Å². The molecule has 1 amide bonds. The second-order valence-corrected chi connectivity index (χ2v) is 8.30. The van der Waals surface area contributed by atoms with Gasteiger partial charge in [-0.25, -0.2) is 4.98 Å². The number of fused-ring (bicyclic) bond motifs is 1. The van der Waals surface area contributed by atoms with Crippen LogP contribution in [0, 0.1) is 6.92 Å². The third kappa shape index (κ3) is 4.01. The normalized spacial score (nSPS) is 15.9. The van der Waals surface area contributed by atoms with E-state index < -0.39 is 0 Å². The standard InChI is InChI=1S/C24H26N6O2/c1-17-7-9-19(10-8-17)23-26-22(32-27-23)15-28-11-13-29(14-12-28)24(31)18(2)30-16-25-20-5-3-4-6-21(20)30/h3-10,16,18H,11-15H2,1-2H3. The number of hydrogen-bond donors (Lipinski definition) is 0. The van der Waals surface area contributed by atoms with Crippen molar-refractivity contribution in [2.24, 2.45) is 0 Å². The number of nitrogens with zero attached hydrogens (tertiary/aromatic N) is 6. The highest BCUT2D eigenvalue weighted by molar-refractivity contribution is 5.83. The minimum absolute atomic E-state index is 0.118. The molecule has 32 heavy (non-hydrogen) atoms. The zero-order valence-electron chi connectivity index (χ0n) is 18.3. The summed E-state index contributed by atoms with van der Waals surface area (Å²) in [6, 6.07) is 15.7. The number of rotatable bonds is 5. The molecule has 5 rings (SSSR count). The first-order chi connectivity index (χ1) is 15.6. The van der Waals surface area contributed by atoms with E-state index in [0.29, 0.717) is 31.3 Å². The van der Waals surface area contributed by atoms with Crippen LogP contribution in [0.4, 0.5) is 0 Å². The molecule has 1 unspecified atom stereocenters. The molecule has 8 heteroatoms. The summed E-state index contributed by atoms with van der Waals surface area (Å²) in [6.45, 7) is 7.46. The lowest BCUT2D eigenvalue weighted by atomic mass is 10.1. The Morgan fingerprint density at radius 3 is 2.59 bits per heavy atom. The molecule has 1 aliphatic rings. The van der Waals surface area contributed by atoms with Gasteiger partial charge in [0.05, 0.1) is 23.9 Å². The van der Waals surface area contributed by atoms with E-state index in [-0.39, 0.29) is 11.9 Å². The molecule has 2 aromatic carbocycles. The Kier molecular flexibility index (Phi) is 5.45. The van der Waals surface area contributed by atoms with E-state index in [0.717, 1.165) is 29.7 Å². The van der Waals surface area contributed by atoms with Crippen molar-refractivity contribution in [3.8, 4) is 11.4 Å². The quantitative estimate of drug-likeness (QED) is 0.483. The first kappa shape index (κ1) is 20.4. The Balaban J connectivity index is 1.18. The Hall–Kier alpha value is -3.52. The molecule has 4 aromatic rings. The van der Waals surface area contributed by atoms with Crippen LogP contribution in [0.25, 0.3) is 22.4 Å². The lowest BCUT2D eigenvalue weighted by molar-refractivity contribution is -0.136. The second kappa shape index (κ2) is 8.55. The van der Waals surface area contributed by atoms with Gasteiger partial charge in [0, 0.05) is 31.7 Å².